The second kappa shape index (κ2) is 10.2. The summed E-state index contributed by atoms with van der Waals surface area (Å²) in [5.41, 5.74) is 2.93. The molecule has 3 aromatic heterocycles. The average molecular weight is 497 g/mol. The topological polar surface area (TPSA) is 76.4 Å². The molecule has 8 heteroatoms. The molecule has 2 aliphatic heterocycles. The molecule has 0 atom stereocenters. The van der Waals surface area contributed by atoms with Gasteiger partial charge in [0, 0.05) is 68.6 Å². The highest BCUT2D eigenvalue weighted by Gasteiger charge is 2.23. The Labute approximate surface area is 216 Å². The van der Waals surface area contributed by atoms with E-state index < -0.39 is 0 Å². The van der Waals surface area contributed by atoms with Crippen molar-refractivity contribution in [3.8, 4) is 11.6 Å². The molecule has 6 rings (SSSR count). The van der Waals surface area contributed by atoms with E-state index in [9.17, 15) is 4.79 Å². The molecule has 2 fully saturated rings. The van der Waals surface area contributed by atoms with Crippen molar-refractivity contribution in [2.24, 2.45) is 0 Å². The predicted molar refractivity (Wildman–Crippen MR) is 143 cm³/mol. The molecule has 190 valence electrons. The number of carbonyl (C=O) groups is 1. The van der Waals surface area contributed by atoms with E-state index in [1.54, 1.807) is 6.20 Å². The summed E-state index contributed by atoms with van der Waals surface area (Å²) >= 11 is 0. The molecule has 2 aliphatic rings. The van der Waals surface area contributed by atoms with E-state index in [0.29, 0.717) is 0 Å². The van der Waals surface area contributed by atoms with Crippen molar-refractivity contribution < 1.29 is 9.53 Å². The summed E-state index contributed by atoms with van der Waals surface area (Å²) in [6.45, 7) is 5.57. The first-order chi connectivity index (χ1) is 18.2. The van der Waals surface area contributed by atoms with Crippen LogP contribution in [0.3, 0.4) is 0 Å². The number of anilines is 1. The molecule has 8 nitrogen and oxygen atoms in total. The van der Waals surface area contributed by atoms with E-state index in [4.69, 9.17) is 4.74 Å². The Morgan fingerprint density at radius 2 is 1.73 bits per heavy atom. The summed E-state index contributed by atoms with van der Waals surface area (Å²) in [6.07, 6.45) is 12.8. The van der Waals surface area contributed by atoms with Crippen LogP contribution in [-0.4, -0.2) is 62.6 Å². The fourth-order valence-electron chi connectivity index (χ4n) is 5.22. The number of ether oxygens (including phenoxy) is 1. The van der Waals surface area contributed by atoms with E-state index in [2.05, 4.69) is 26.8 Å². The number of benzene rings is 1. The summed E-state index contributed by atoms with van der Waals surface area (Å²) in [6, 6.07) is 11.9. The minimum Gasteiger partial charge on any atom is -0.489 e. The van der Waals surface area contributed by atoms with Gasteiger partial charge in [-0.2, -0.15) is 0 Å². The summed E-state index contributed by atoms with van der Waals surface area (Å²) in [5.74, 6) is 2.52. The maximum absolute atomic E-state index is 12.8. The van der Waals surface area contributed by atoms with Crippen LogP contribution in [0.5, 0.6) is 5.75 Å². The van der Waals surface area contributed by atoms with E-state index in [-0.39, 0.29) is 12.0 Å². The lowest BCUT2D eigenvalue weighted by Gasteiger charge is -2.32. The van der Waals surface area contributed by atoms with Crippen molar-refractivity contribution in [1.82, 2.24) is 24.4 Å². The Bertz CT molecular complexity index is 1370. The van der Waals surface area contributed by atoms with Crippen LogP contribution in [0.2, 0.25) is 0 Å². The van der Waals surface area contributed by atoms with Crippen molar-refractivity contribution in [2.45, 2.75) is 45.1 Å². The van der Waals surface area contributed by atoms with Crippen LogP contribution in [-0.2, 0) is 6.42 Å². The van der Waals surface area contributed by atoms with Gasteiger partial charge in [-0.05, 0) is 61.2 Å². The van der Waals surface area contributed by atoms with Gasteiger partial charge in [0.2, 0.25) is 5.95 Å². The van der Waals surface area contributed by atoms with Crippen LogP contribution in [0.15, 0.2) is 61.2 Å². The Morgan fingerprint density at radius 3 is 2.43 bits per heavy atom. The number of hydrogen-bond donors (Lipinski definition) is 0. The highest BCUT2D eigenvalue weighted by atomic mass is 16.5. The number of nitrogens with zero attached hydrogens (tertiary/aromatic N) is 6. The number of hydrogen-bond acceptors (Lipinski definition) is 6. The SMILES string of the molecule is CCc1cnc(N2CCC(Oc3ccc(-n4ccc5cc(C(=O)N6CCCC6)ccc54)nc3)CC2)nc1. The molecule has 0 bridgehead atoms. The Kier molecular flexibility index (Phi) is 6.47. The summed E-state index contributed by atoms with van der Waals surface area (Å²) in [5, 5.41) is 1.03. The van der Waals surface area contributed by atoms with Crippen LogP contribution in [0.4, 0.5) is 5.95 Å². The highest BCUT2D eigenvalue weighted by Crippen LogP contribution is 2.25. The normalized spacial score (nSPS) is 16.5. The van der Waals surface area contributed by atoms with E-state index in [1.807, 2.05) is 64.5 Å². The molecular formula is C29H32N6O2. The number of pyridine rings is 1. The predicted octanol–water partition coefficient (Wildman–Crippen LogP) is 4.66. The van der Waals surface area contributed by atoms with Gasteiger partial charge in [0.15, 0.2) is 0 Å². The van der Waals surface area contributed by atoms with Crippen LogP contribution >= 0.6 is 0 Å². The van der Waals surface area contributed by atoms with Gasteiger partial charge < -0.3 is 19.1 Å². The molecular weight excluding hydrogens is 464 g/mol. The smallest absolute Gasteiger partial charge is 0.253 e. The van der Waals surface area contributed by atoms with Crippen molar-refractivity contribution in [1.29, 1.82) is 0 Å². The van der Waals surface area contributed by atoms with Gasteiger partial charge in [0.05, 0.1) is 11.7 Å². The number of piperidine rings is 1. The number of likely N-dealkylation sites (tertiary alicyclic amines) is 1. The third-order valence-electron chi connectivity index (χ3n) is 7.43. The van der Waals surface area contributed by atoms with E-state index >= 15 is 0 Å². The quantitative estimate of drug-likeness (QED) is 0.386. The van der Waals surface area contributed by atoms with Gasteiger partial charge in [0.1, 0.15) is 17.7 Å². The third-order valence-corrected chi connectivity index (χ3v) is 7.43. The fraction of sp³-hybridized carbons (Fsp3) is 0.379. The molecule has 0 saturated carbocycles. The molecule has 5 heterocycles. The standard InChI is InChI=1S/C29H32N6O2/c1-2-21-18-31-29(32-19-21)34-14-10-24(11-15-34)37-25-6-8-27(30-20-25)35-16-9-22-17-23(5-7-26(22)35)28(36)33-12-3-4-13-33/h5-9,16-20,24H,2-4,10-15H2,1H3. The zero-order valence-electron chi connectivity index (χ0n) is 21.2. The zero-order chi connectivity index (χ0) is 25.2. The largest absolute Gasteiger partial charge is 0.489 e. The Morgan fingerprint density at radius 1 is 0.946 bits per heavy atom. The Hall–Kier alpha value is -3.94. The average Bonchev–Trinajstić information content (AvgIpc) is 3.64. The number of rotatable bonds is 6. The van der Waals surface area contributed by atoms with Crippen LogP contribution in [0.1, 0.15) is 48.5 Å². The first-order valence-corrected chi connectivity index (χ1v) is 13.3. The molecule has 0 spiro atoms. The first-order valence-electron chi connectivity index (χ1n) is 13.3. The van der Waals surface area contributed by atoms with Crippen molar-refractivity contribution in [3.63, 3.8) is 0 Å². The number of amides is 1. The molecule has 1 aromatic carbocycles. The second-order valence-electron chi connectivity index (χ2n) is 9.86. The summed E-state index contributed by atoms with van der Waals surface area (Å²) < 4.78 is 8.29. The molecule has 4 aromatic rings. The minimum absolute atomic E-state index is 0.125. The number of fused-ring (bicyclic) bond motifs is 1. The molecule has 0 N–H and O–H groups in total. The highest BCUT2D eigenvalue weighted by molar-refractivity contribution is 5.98. The third kappa shape index (κ3) is 4.88. The molecule has 0 unspecified atom stereocenters. The molecule has 37 heavy (non-hydrogen) atoms. The van der Waals surface area contributed by atoms with Crippen LogP contribution in [0, 0.1) is 0 Å². The lowest BCUT2D eigenvalue weighted by molar-refractivity contribution is 0.0793. The molecule has 0 aliphatic carbocycles. The monoisotopic (exact) mass is 496 g/mol. The number of aryl methyl sites for hydroxylation is 1. The van der Waals surface area contributed by atoms with Gasteiger partial charge >= 0.3 is 0 Å². The molecule has 2 saturated heterocycles. The van der Waals surface area contributed by atoms with Crippen LogP contribution in [0.25, 0.3) is 16.7 Å². The lowest BCUT2D eigenvalue weighted by Crippen LogP contribution is -2.39. The van der Waals surface area contributed by atoms with Gasteiger partial charge in [-0.1, -0.05) is 6.92 Å². The van der Waals surface area contributed by atoms with Gasteiger partial charge in [-0.25, -0.2) is 15.0 Å². The van der Waals surface area contributed by atoms with Crippen molar-refractivity contribution in [3.05, 3.63) is 72.3 Å². The molecule has 0 radical (unpaired) electrons. The van der Waals surface area contributed by atoms with Gasteiger partial charge in [-0.3, -0.25) is 4.79 Å². The van der Waals surface area contributed by atoms with Crippen molar-refractivity contribution in [2.75, 3.05) is 31.1 Å². The minimum atomic E-state index is 0.125. The zero-order valence-corrected chi connectivity index (χ0v) is 21.2. The van der Waals surface area contributed by atoms with Crippen LogP contribution < -0.4 is 9.64 Å². The maximum atomic E-state index is 12.8. The van der Waals surface area contributed by atoms with Crippen molar-refractivity contribution >= 4 is 22.8 Å². The number of carbonyl (C=O) groups excluding carboxylic acids is 1. The fourth-order valence-corrected chi connectivity index (χ4v) is 5.22. The van der Waals surface area contributed by atoms with E-state index in [0.717, 1.165) is 97.8 Å². The number of aromatic nitrogens is 4. The molecule has 1 amide bonds. The maximum Gasteiger partial charge on any atom is 0.253 e. The van der Waals surface area contributed by atoms with Gasteiger partial charge in [0.25, 0.3) is 5.91 Å². The lowest BCUT2D eigenvalue weighted by atomic mass is 10.1. The summed E-state index contributed by atoms with van der Waals surface area (Å²) in [7, 11) is 0. The first kappa shape index (κ1) is 23.5. The second-order valence-corrected chi connectivity index (χ2v) is 9.86. The Balaban J connectivity index is 1.08. The van der Waals surface area contributed by atoms with Gasteiger partial charge in [-0.15, -0.1) is 0 Å². The summed E-state index contributed by atoms with van der Waals surface area (Å²) in [4.78, 5) is 30.6. The van der Waals surface area contributed by atoms with E-state index in [1.165, 1.54) is 0 Å².